The Kier molecular flexibility index (Phi) is 5.80. The molecular weight excluding hydrogens is 464 g/mol. The van der Waals surface area contributed by atoms with Gasteiger partial charge < -0.3 is 19.7 Å². The number of likely N-dealkylation sites (tertiary alicyclic amines) is 1. The lowest BCUT2D eigenvalue weighted by molar-refractivity contribution is -0.140. The van der Waals surface area contributed by atoms with Crippen LogP contribution in [0.15, 0.2) is 78.5 Å². The van der Waals surface area contributed by atoms with Gasteiger partial charge >= 0.3 is 0 Å². The molecule has 0 saturated carbocycles. The molecule has 1 fully saturated rings. The van der Waals surface area contributed by atoms with Gasteiger partial charge in [-0.3, -0.25) is 9.59 Å². The maximum absolute atomic E-state index is 13.6. The number of nitrogens with one attached hydrogen (secondary N) is 1. The summed E-state index contributed by atoms with van der Waals surface area (Å²) in [6, 6.07) is 20.4. The largest absolute Gasteiger partial charge is 0.507 e. The highest BCUT2D eigenvalue weighted by Gasteiger charge is 2.47. The number of H-pyrrole nitrogens is 1. The van der Waals surface area contributed by atoms with E-state index in [1.165, 1.54) is 11.1 Å². The fourth-order valence-corrected chi connectivity index (χ4v) is 5.74. The molecule has 37 heavy (non-hydrogen) atoms. The van der Waals surface area contributed by atoms with Crippen molar-refractivity contribution >= 4 is 28.4 Å². The first-order valence-electron chi connectivity index (χ1n) is 12.7. The van der Waals surface area contributed by atoms with Crippen molar-refractivity contribution in [3.63, 3.8) is 0 Å². The maximum Gasteiger partial charge on any atom is 0.295 e. The van der Waals surface area contributed by atoms with Gasteiger partial charge in [-0.2, -0.15) is 0 Å². The fraction of sp³-hybridized carbons (Fsp3) is 0.226. The number of fused-ring (bicyclic) bond motifs is 2. The minimum Gasteiger partial charge on any atom is -0.507 e. The molecule has 6 heteroatoms. The Labute approximate surface area is 215 Å². The number of hydrogen-bond donors (Lipinski definition) is 2. The summed E-state index contributed by atoms with van der Waals surface area (Å²) >= 11 is 0. The molecule has 1 unspecified atom stereocenters. The molecule has 1 aliphatic heterocycles. The first-order valence-corrected chi connectivity index (χ1v) is 12.7. The minimum atomic E-state index is -0.753. The highest BCUT2D eigenvalue weighted by Crippen LogP contribution is 2.43. The molecule has 1 aromatic heterocycles. The van der Waals surface area contributed by atoms with E-state index in [1.54, 1.807) is 12.0 Å². The summed E-state index contributed by atoms with van der Waals surface area (Å²) in [6.45, 7) is 0.166. The van der Waals surface area contributed by atoms with Crippen LogP contribution in [0.25, 0.3) is 16.7 Å². The van der Waals surface area contributed by atoms with E-state index in [-0.39, 0.29) is 17.9 Å². The SMILES string of the molecule is COc1ccccc1CN1C(=O)C(=O)/C(=C(/O)c2ccc3c(c2)CCCC3)C1c1c[nH]c2ccccc12. The average Bonchev–Trinajstić information content (AvgIpc) is 3.47. The van der Waals surface area contributed by atoms with Gasteiger partial charge in [0.25, 0.3) is 11.7 Å². The van der Waals surface area contributed by atoms with Crippen molar-refractivity contribution in [2.24, 2.45) is 0 Å². The predicted molar refractivity (Wildman–Crippen MR) is 142 cm³/mol. The summed E-state index contributed by atoms with van der Waals surface area (Å²) in [4.78, 5) is 31.9. The van der Waals surface area contributed by atoms with Gasteiger partial charge in [0.05, 0.1) is 25.3 Å². The molecule has 4 aromatic rings. The fourth-order valence-electron chi connectivity index (χ4n) is 5.74. The lowest BCUT2D eigenvalue weighted by Crippen LogP contribution is -2.29. The van der Waals surface area contributed by atoms with Crippen molar-refractivity contribution < 1.29 is 19.4 Å². The molecule has 1 saturated heterocycles. The van der Waals surface area contributed by atoms with E-state index in [0.717, 1.165) is 47.7 Å². The number of hydrogen-bond acceptors (Lipinski definition) is 4. The number of carbonyl (C=O) groups is 2. The molecule has 1 atom stereocenters. The second-order valence-corrected chi connectivity index (χ2v) is 9.72. The van der Waals surface area contributed by atoms with Crippen LogP contribution in [-0.2, 0) is 29.0 Å². The van der Waals surface area contributed by atoms with Gasteiger partial charge in [-0.1, -0.05) is 48.5 Å². The van der Waals surface area contributed by atoms with Crippen LogP contribution in [0.5, 0.6) is 5.75 Å². The minimum absolute atomic E-state index is 0.111. The number of para-hydroxylation sites is 2. The molecule has 6 nitrogen and oxygen atoms in total. The molecule has 2 N–H and O–H groups in total. The smallest absolute Gasteiger partial charge is 0.295 e. The number of methoxy groups -OCH3 is 1. The molecule has 1 amide bonds. The molecule has 0 spiro atoms. The zero-order valence-electron chi connectivity index (χ0n) is 20.7. The Morgan fingerprint density at radius 2 is 1.76 bits per heavy atom. The van der Waals surface area contributed by atoms with Crippen molar-refractivity contribution in [1.29, 1.82) is 0 Å². The summed E-state index contributed by atoms with van der Waals surface area (Å²) in [5.41, 5.74) is 5.61. The molecule has 0 bridgehead atoms. The quantitative estimate of drug-likeness (QED) is 0.213. The summed E-state index contributed by atoms with van der Waals surface area (Å²) in [5, 5.41) is 12.5. The molecule has 0 radical (unpaired) electrons. The standard InChI is InChI=1S/C31H28N2O4/c1-37-26-13-7-4-10-22(26)18-33-28(24-17-32-25-12-6-5-11-23(24)25)27(30(35)31(33)36)29(34)21-15-14-19-8-2-3-9-20(19)16-21/h4-7,10-17,28,32,34H,2-3,8-9,18H2,1H3/b29-27+. The summed E-state index contributed by atoms with van der Waals surface area (Å²) in [5.74, 6) is -0.817. The number of rotatable bonds is 5. The lowest BCUT2D eigenvalue weighted by atomic mass is 9.88. The van der Waals surface area contributed by atoms with Crippen molar-refractivity contribution in [2.45, 2.75) is 38.3 Å². The van der Waals surface area contributed by atoms with Crippen LogP contribution < -0.4 is 4.74 Å². The number of aromatic nitrogens is 1. The second kappa shape index (κ2) is 9.28. The third kappa shape index (κ3) is 3.89. The number of ketones is 1. The van der Waals surface area contributed by atoms with Crippen LogP contribution in [0.4, 0.5) is 0 Å². The molecule has 186 valence electrons. The van der Waals surface area contributed by atoms with Crippen LogP contribution in [0.1, 0.15) is 46.7 Å². The van der Waals surface area contributed by atoms with Gasteiger partial charge in [-0.05, 0) is 55.0 Å². The normalized spacial score (nSPS) is 18.8. The Morgan fingerprint density at radius 3 is 2.59 bits per heavy atom. The van der Waals surface area contributed by atoms with Crippen molar-refractivity contribution in [3.05, 3.63) is 106 Å². The van der Waals surface area contributed by atoms with Crippen LogP contribution in [-0.4, -0.2) is 33.8 Å². The third-order valence-corrected chi connectivity index (χ3v) is 7.61. The second-order valence-electron chi connectivity index (χ2n) is 9.72. The number of aromatic amines is 1. The Balaban J connectivity index is 1.53. The molecule has 2 heterocycles. The molecule has 6 rings (SSSR count). The first-order chi connectivity index (χ1) is 18.1. The van der Waals surface area contributed by atoms with E-state index >= 15 is 0 Å². The molecule has 3 aromatic carbocycles. The van der Waals surface area contributed by atoms with E-state index in [4.69, 9.17) is 4.74 Å². The Morgan fingerprint density at radius 1 is 1.00 bits per heavy atom. The monoisotopic (exact) mass is 492 g/mol. The summed E-state index contributed by atoms with van der Waals surface area (Å²) < 4.78 is 5.52. The number of benzene rings is 3. The van der Waals surface area contributed by atoms with Crippen LogP contribution >= 0.6 is 0 Å². The van der Waals surface area contributed by atoms with Gasteiger partial charge in [0.1, 0.15) is 11.5 Å². The number of nitrogens with zero attached hydrogens (tertiary/aromatic N) is 1. The highest BCUT2D eigenvalue weighted by atomic mass is 16.5. The van der Waals surface area contributed by atoms with E-state index in [9.17, 15) is 14.7 Å². The van der Waals surface area contributed by atoms with Crippen LogP contribution in [0.3, 0.4) is 0 Å². The van der Waals surface area contributed by atoms with E-state index in [0.29, 0.717) is 11.3 Å². The third-order valence-electron chi connectivity index (χ3n) is 7.61. The average molecular weight is 493 g/mol. The van der Waals surface area contributed by atoms with Gasteiger partial charge in [0.15, 0.2) is 0 Å². The van der Waals surface area contributed by atoms with Gasteiger partial charge in [-0.25, -0.2) is 0 Å². The Bertz CT molecular complexity index is 1560. The number of carbonyl (C=O) groups excluding carboxylic acids is 2. The number of Topliss-reactive ketones (excluding diaryl/α,β-unsaturated/α-hetero) is 1. The topological polar surface area (TPSA) is 82.6 Å². The maximum atomic E-state index is 13.6. The van der Waals surface area contributed by atoms with Gasteiger partial charge in [0.2, 0.25) is 0 Å². The number of aliphatic hydroxyl groups is 1. The van der Waals surface area contributed by atoms with Crippen molar-refractivity contribution in [3.8, 4) is 5.75 Å². The lowest BCUT2D eigenvalue weighted by Gasteiger charge is -2.26. The number of amides is 1. The number of aryl methyl sites for hydroxylation is 2. The van der Waals surface area contributed by atoms with Gasteiger partial charge in [-0.15, -0.1) is 0 Å². The van der Waals surface area contributed by atoms with Gasteiger partial charge in [0, 0.05) is 33.8 Å². The summed E-state index contributed by atoms with van der Waals surface area (Å²) in [6.07, 6.45) is 6.07. The van der Waals surface area contributed by atoms with E-state index in [1.807, 2.05) is 72.9 Å². The Hall–Kier alpha value is -4.32. The highest BCUT2D eigenvalue weighted by molar-refractivity contribution is 6.46. The predicted octanol–water partition coefficient (Wildman–Crippen LogP) is 5.68. The number of ether oxygens (including phenoxy) is 1. The van der Waals surface area contributed by atoms with Crippen LogP contribution in [0, 0.1) is 0 Å². The summed E-state index contributed by atoms with van der Waals surface area (Å²) in [7, 11) is 1.58. The molecular formula is C31H28N2O4. The van der Waals surface area contributed by atoms with E-state index in [2.05, 4.69) is 4.98 Å². The van der Waals surface area contributed by atoms with Crippen molar-refractivity contribution in [1.82, 2.24) is 9.88 Å². The molecule has 1 aliphatic carbocycles. The van der Waals surface area contributed by atoms with E-state index < -0.39 is 17.7 Å². The zero-order valence-corrected chi connectivity index (χ0v) is 20.7. The van der Waals surface area contributed by atoms with Crippen molar-refractivity contribution in [2.75, 3.05) is 7.11 Å². The zero-order chi connectivity index (χ0) is 25.5. The first kappa shape index (κ1) is 23.1. The molecule has 2 aliphatic rings. The number of aliphatic hydroxyl groups excluding tert-OH is 1. The van der Waals surface area contributed by atoms with Crippen LogP contribution in [0.2, 0.25) is 0 Å².